The zero-order valence-corrected chi connectivity index (χ0v) is 17.3. The highest BCUT2D eigenvalue weighted by Gasteiger charge is 2.21. The van der Waals surface area contributed by atoms with Crippen molar-refractivity contribution in [3.63, 3.8) is 0 Å². The zero-order chi connectivity index (χ0) is 20.3. The fourth-order valence-electron chi connectivity index (χ4n) is 2.53. The van der Waals surface area contributed by atoms with Gasteiger partial charge in [-0.15, -0.1) is 0 Å². The molecule has 0 amide bonds. The molecule has 0 aliphatic rings. The molecular weight excluding hydrogens is 425 g/mol. The Kier molecular flexibility index (Phi) is 6.02. The van der Waals surface area contributed by atoms with Crippen LogP contribution < -0.4 is 14.2 Å². The van der Waals surface area contributed by atoms with Crippen molar-refractivity contribution in [2.75, 3.05) is 18.9 Å². The smallest absolute Gasteiger partial charge is 0.265 e. The molecule has 0 atom stereocenters. The molecule has 3 aromatic rings. The minimum Gasteiger partial charge on any atom is -0.497 e. The SMILES string of the molecule is COc1ccc(S(=O)(=O)Nc2cnn(Cc3ccc(Cl)c(Cl)c3)c2)c(OC)c1. The van der Waals surface area contributed by atoms with Gasteiger partial charge in [-0.25, -0.2) is 8.42 Å². The lowest BCUT2D eigenvalue weighted by Crippen LogP contribution is -2.13. The molecule has 0 aliphatic heterocycles. The van der Waals surface area contributed by atoms with E-state index in [2.05, 4.69) is 9.82 Å². The molecule has 0 bridgehead atoms. The van der Waals surface area contributed by atoms with E-state index in [1.165, 1.54) is 32.5 Å². The first-order valence-electron chi connectivity index (χ1n) is 8.03. The van der Waals surface area contributed by atoms with Gasteiger partial charge < -0.3 is 9.47 Å². The minimum absolute atomic E-state index is 0.00645. The van der Waals surface area contributed by atoms with E-state index in [4.69, 9.17) is 32.7 Å². The maximum absolute atomic E-state index is 12.7. The number of anilines is 1. The average molecular weight is 442 g/mol. The van der Waals surface area contributed by atoms with E-state index in [1.54, 1.807) is 29.1 Å². The Balaban J connectivity index is 1.79. The molecule has 0 saturated carbocycles. The number of nitrogens with zero attached hydrogens (tertiary/aromatic N) is 2. The standard InChI is InChI=1S/C18H17Cl2N3O4S/c1-26-14-4-6-18(17(8-14)27-2)28(24,25)22-13-9-21-23(11-13)10-12-3-5-15(19)16(20)7-12/h3-9,11,22H,10H2,1-2H3. The van der Waals surface area contributed by atoms with Crippen molar-refractivity contribution in [3.8, 4) is 11.5 Å². The van der Waals surface area contributed by atoms with Gasteiger partial charge in [0, 0.05) is 12.3 Å². The molecule has 2 aromatic carbocycles. The Bertz CT molecular complexity index is 1100. The molecule has 0 fully saturated rings. The van der Waals surface area contributed by atoms with Crippen molar-refractivity contribution in [2.24, 2.45) is 0 Å². The van der Waals surface area contributed by atoms with Crippen molar-refractivity contribution >= 4 is 38.9 Å². The Morgan fingerprint density at radius 2 is 1.86 bits per heavy atom. The number of ether oxygens (including phenoxy) is 2. The fourth-order valence-corrected chi connectivity index (χ4v) is 4.04. The molecule has 28 heavy (non-hydrogen) atoms. The second-order valence-electron chi connectivity index (χ2n) is 5.80. The van der Waals surface area contributed by atoms with Crippen LogP contribution in [0.5, 0.6) is 11.5 Å². The number of nitrogens with one attached hydrogen (secondary N) is 1. The number of rotatable bonds is 7. The second-order valence-corrected chi connectivity index (χ2v) is 8.26. The third kappa shape index (κ3) is 4.52. The molecule has 1 N–H and O–H groups in total. The topological polar surface area (TPSA) is 82.5 Å². The predicted molar refractivity (Wildman–Crippen MR) is 108 cm³/mol. The lowest BCUT2D eigenvalue weighted by Gasteiger charge is -2.11. The number of hydrogen-bond acceptors (Lipinski definition) is 5. The Morgan fingerprint density at radius 1 is 1.07 bits per heavy atom. The van der Waals surface area contributed by atoms with Gasteiger partial charge in [0.2, 0.25) is 0 Å². The summed E-state index contributed by atoms with van der Waals surface area (Å²) in [5, 5.41) is 5.08. The van der Waals surface area contributed by atoms with E-state index in [0.717, 1.165) is 5.56 Å². The normalized spacial score (nSPS) is 11.3. The van der Waals surface area contributed by atoms with Crippen LogP contribution in [-0.4, -0.2) is 32.4 Å². The third-order valence-corrected chi connectivity index (χ3v) is 6.03. The third-order valence-electron chi connectivity index (χ3n) is 3.87. The van der Waals surface area contributed by atoms with E-state index < -0.39 is 10.0 Å². The summed E-state index contributed by atoms with van der Waals surface area (Å²) >= 11 is 11.9. The predicted octanol–water partition coefficient (Wildman–Crippen LogP) is 4.06. The molecule has 3 rings (SSSR count). The lowest BCUT2D eigenvalue weighted by molar-refractivity contribution is 0.386. The van der Waals surface area contributed by atoms with Crippen LogP contribution in [0, 0.1) is 0 Å². The van der Waals surface area contributed by atoms with E-state index in [-0.39, 0.29) is 10.6 Å². The minimum atomic E-state index is -3.88. The molecule has 1 aromatic heterocycles. The summed E-state index contributed by atoms with van der Waals surface area (Å²) in [6.07, 6.45) is 3.00. The van der Waals surface area contributed by atoms with Crippen LogP contribution in [0.15, 0.2) is 53.7 Å². The van der Waals surface area contributed by atoms with Crippen LogP contribution in [0.4, 0.5) is 5.69 Å². The monoisotopic (exact) mass is 441 g/mol. The molecule has 10 heteroatoms. The first-order chi connectivity index (χ1) is 13.3. The van der Waals surface area contributed by atoms with Gasteiger partial charge in [-0.3, -0.25) is 9.40 Å². The molecule has 148 valence electrons. The van der Waals surface area contributed by atoms with Gasteiger partial charge in [-0.2, -0.15) is 5.10 Å². The van der Waals surface area contributed by atoms with E-state index >= 15 is 0 Å². The summed E-state index contributed by atoms with van der Waals surface area (Å²) in [6, 6.07) is 9.72. The van der Waals surface area contributed by atoms with Gasteiger partial charge >= 0.3 is 0 Å². The van der Waals surface area contributed by atoms with Crippen molar-refractivity contribution in [1.29, 1.82) is 0 Å². The fraction of sp³-hybridized carbons (Fsp3) is 0.167. The van der Waals surface area contributed by atoms with E-state index in [9.17, 15) is 8.42 Å². The highest BCUT2D eigenvalue weighted by molar-refractivity contribution is 7.92. The summed E-state index contributed by atoms with van der Waals surface area (Å²) < 4.78 is 39.8. The van der Waals surface area contributed by atoms with Crippen molar-refractivity contribution < 1.29 is 17.9 Å². The van der Waals surface area contributed by atoms with Crippen molar-refractivity contribution in [2.45, 2.75) is 11.4 Å². The molecule has 0 saturated heterocycles. The van der Waals surface area contributed by atoms with Crippen molar-refractivity contribution in [1.82, 2.24) is 9.78 Å². The quantitative estimate of drug-likeness (QED) is 0.597. The van der Waals surface area contributed by atoms with Gasteiger partial charge in [-0.1, -0.05) is 29.3 Å². The summed E-state index contributed by atoms with van der Waals surface area (Å²) in [6.45, 7) is 0.407. The Hall–Kier alpha value is -2.42. The largest absolute Gasteiger partial charge is 0.497 e. The Labute approximate surface area is 172 Å². The molecule has 0 aliphatic carbocycles. The van der Waals surface area contributed by atoms with Gasteiger partial charge in [0.05, 0.1) is 42.7 Å². The summed E-state index contributed by atoms with van der Waals surface area (Å²) in [5.41, 5.74) is 1.20. The number of hydrogen-bond donors (Lipinski definition) is 1. The molecular formula is C18H17Cl2N3O4S. The van der Waals surface area contributed by atoms with Crippen molar-refractivity contribution in [3.05, 3.63) is 64.4 Å². The first kappa shape index (κ1) is 20.3. The first-order valence-corrected chi connectivity index (χ1v) is 10.3. The van der Waals surface area contributed by atoms with Crippen LogP contribution in [0.1, 0.15) is 5.56 Å². The van der Waals surface area contributed by atoms with Gasteiger partial charge in [-0.05, 0) is 29.8 Å². The van der Waals surface area contributed by atoms with Crippen LogP contribution in [0.25, 0.3) is 0 Å². The van der Waals surface area contributed by atoms with E-state index in [0.29, 0.717) is 28.0 Å². The number of methoxy groups -OCH3 is 2. The van der Waals surface area contributed by atoms with E-state index in [1.807, 2.05) is 6.07 Å². The van der Waals surface area contributed by atoms with Gasteiger partial charge in [0.15, 0.2) is 0 Å². The number of halogens is 2. The Morgan fingerprint density at radius 3 is 2.54 bits per heavy atom. The van der Waals surface area contributed by atoms with Crippen LogP contribution >= 0.6 is 23.2 Å². The molecule has 7 nitrogen and oxygen atoms in total. The number of sulfonamides is 1. The molecule has 0 radical (unpaired) electrons. The van der Waals surface area contributed by atoms with Gasteiger partial charge in [0.1, 0.15) is 16.4 Å². The van der Waals surface area contributed by atoms with Crippen LogP contribution in [-0.2, 0) is 16.6 Å². The second kappa shape index (κ2) is 8.30. The highest BCUT2D eigenvalue weighted by atomic mass is 35.5. The maximum atomic E-state index is 12.7. The molecule has 0 unspecified atom stereocenters. The van der Waals surface area contributed by atoms with Gasteiger partial charge in [0.25, 0.3) is 10.0 Å². The summed E-state index contributed by atoms with van der Waals surface area (Å²) in [5.74, 6) is 0.667. The zero-order valence-electron chi connectivity index (χ0n) is 15.0. The van der Waals surface area contributed by atoms with Crippen LogP contribution in [0.2, 0.25) is 10.0 Å². The number of benzene rings is 2. The summed E-state index contributed by atoms with van der Waals surface area (Å²) in [4.78, 5) is -0.00645. The highest BCUT2D eigenvalue weighted by Crippen LogP contribution is 2.30. The molecule has 1 heterocycles. The average Bonchev–Trinajstić information content (AvgIpc) is 3.10. The summed E-state index contributed by atoms with van der Waals surface area (Å²) in [7, 11) is -0.994. The molecule has 0 spiro atoms. The number of aromatic nitrogens is 2. The van der Waals surface area contributed by atoms with Crippen LogP contribution in [0.3, 0.4) is 0 Å². The lowest BCUT2D eigenvalue weighted by atomic mass is 10.2. The maximum Gasteiger partial charge on any atom is 0.265 e.